The van der Waals surface area contributed by atoms with Gasteiger partial charge in [0, 0.05) is 15.4 Å². The predicted molar refractivity (Wildman–Crippen MR) is 81.4 cm³/mol. The Kier molecular flexibility index (Phi) is 5.42. The fourth-order valence-electron chi connectivity index (χ4n) is 1.75. The Morgan fingerprint density at radius 3 is 2.95 bits per heavy atom. The second-order valence-electron chi connectivity index (χ2n) is 4.25. The molecule has 0 bridgehead atoms. The van der Waals surface area contributed by atoms with Gasteiger partial charge in [-0.05, 0) is 37.6 Å². The van der Waals surface area contributed by atoms with Crippen molar-refractivity contribution in [2.45, 2.75) is 36.4 Å². The van der Waals surface area contributed by atoms with Crippen LogP contribution in [-0.4, -0.2) is 21.7 Å². The third-order valence-electron chi connectivity index (χ3n) is 2.75. The lowest BCUT2D eigenvalue weighted by Gasteiger charge is -2.16. The summed E-state index contributed by atoms with van der Waals surface area (Å²) >= 11 is 5.21. The highest BCUT2D eigenvalue weighted by atomic mass is 79.9. The molecule has 0 spiro atoms. The van der Waals surface area contributed by atoms with Crippen LogP contribution in [0.25, 0.3) is 0 Å². The second-order valence-corrected chi connectivity index (χ2v) is 6.17. The lowest BCUT2D eigenvalue weighted by Crippen LogP contribution is -2.19. The van der Waals surface area contributed by atoms with E-state index in [1.165, 1.54) is 11.9 Å². The van der Waals surface area contributed by atoms with Crippen LogP contribution >= 0.6 is 27.7 Å². The standard InChI is InChI=1S/C13H17BrN4S/c1-3-6-15-9(2)11-5-4-10(7-12(11)14)19-13-16-8-17-18-13/h4-5,7-9,15H,3,6H2,1-2H3,(H,16,17,18). The van der Waals surface area contributed by atoms with Gasteiger partial charge in [0.25, 0.3) is 0 Å². The van der Waals surface area contributed by atoms with Crippen molar-refractivity contribution in [3.05, 3.63) is 34.6 Å². The van der Waals surface area contributed by atoms with E-state index >= 15 is 0 Å². The van der Waals surface area contributed by atoms with Gasteiger partial charge in [-0.25, -0.2) is 4.98 Å². The topological polar surface area (TPSA) is 53.6 Å². The molecule has 0 amide bonds. The van der Waals surface area contributed by atoms with E-state index in [9.17, 15) is 0 Å². The zero-order valence-electron chi connectivity index (χ0n) is 11.0. The molecular weight excluding hydrogens is 324 g/mol. The minimum Gasteiger partial charge on any atom is -0.310 e. The average Bonchev–Trinajstić information content (AvgIpc) is 2.89. The first-order valence-electron chi connectivity index (χ1n) is 6.26. The van der Waals surface area contributed by atoms with Gasteiger partial charge < -0.3 is 5.32 Å². The normalized spacial score (nSPS) is 12.6. The second kappa shape index (κ2) is 7.07. The van der Waals surface area contributed by atoms with Crippen LogP contribution in [-0.2, 0) is 0 Å². The predicted octanol–water partition coefficient (Wildman–Crippen LogP) is 3.78. The van der Waals surface area contributed by atoms with E-state index in [1.807, 2.05) is 0 Å². The van der Waals surface area contributed by atoms with E-state index in [0.29, 0.717) is 6.04 Å². The lowest BCUT2D eigenvalue weighted by molar-refractivity contribution is 0.568. The quantitative estimate of drug-likeness (QED) is 0.840. The van der Waals surface area contributed by atoms with Crippen molar-refractivity contribution in [1.82, 2.24) is 20.5 Å². The molecule has 1 atom stereocenters. The molecule has 102 valence electrons. The molecule has 0 aliphatic heterocycles. The van der Waals surface area contributed by atoms with Crippen LogP contribution in [0.4, 0.5) is 0 Å². The van der Waals surface area contributed by atoms with Crippen LogP contribution in [0.2, 0.25) is 0 Å². The van der Waals surface area contributed by atoms with E-state index < -0.39 is 0 Å². The van der Waals surface area contributed by atoms with Gasteiger partial charge in [0.1, 0.15) is 6.33 Å². The summed E-state index contributed by atoms with van der Waals surface area (Å²) < 4.78 is 1.12. The van der Waals surface area contributed by atoms with E-state index in [1.54, 1.807) is 11.8 Å². The summed E-state index contributed by atoms with van der Waals surface area (Å²) in [6.45, 7) is 5.38. The van der Waals surface area contributed by atoms with Crippen molar-refractivity contribution >= 4 is 27.7 Å². The highest BCUT2D eigenvalue weighted by Crippen LogP contribution is 2.31. The molecule has 0 radical (unpaired) electrons. The van der Waals surface area contributed by atoms with E-state index in [-0.39, 0.29) is 0 Å². The number of hydrogen-bond acceptors (Lipinski definition) is 4. The first kappa shape index (κ1) is 14.6. The summed E-state index contributed by atoms with van der Waals surface area (Å²) in [6, 6.07) is 6.72. The third-order valence-corrected chi connectivity index (χ3v) is 4.31. The van der Waals surface area contributed by atoms with Crippen molar-refractivity contribution in [2.75, 3.05) is 6.54 Å². The Balaban J connectivity index is 2.08. The number of rotatable bonds is 6. The molecule has 0 aliphatic rings. The monoisotopic (exact) mass is 340 g/mol. The smallest absolute Gasteiger partial charge is 0.188 e. The van der Waals surface area contributed by atoms with Gasteiger partial charge in [0.15, 0.2) is 5.16 Å². The summed E-state index contributed by atoms with van der Waals surface area (Å²) in [5, 5.41) is 11.0. The molecule has 19 heavy (non-hydrogen) atoms. The maximum atomic E-state index is 4.11. The lowest BCUT2D eigenvalue weighted by atomic mass is 10.1. The van der Waals surface area contributed by atoms with Gasteiger partial charge in [-0.15, -0.1) is 0 Å². The van der Waals surface area contributed by atoms with Crippen LogP contribution in [0.15, 0.2) is 39.1 Å². The number of hydrogen-bond donors (Lipinski definition) is 2. The molecule has 1 aromatic heterocycles. The van der Waals surface area contributed by atoms with Crippen molar-refractivity contribution < 1.29 is 0 Å². The molecule has 6 heteroatoms. The Morgan fingerprint density at radius 1 is 1.47 bits per heavy atom. The molecule has 4 nitrogen and oxygen atoms in total. The average molecular weight is 341 g/mol. The van der Waals surface area contributed by atoms with Crippen molar-refractivity contribution in [2.24, 2.45) is 0 Å². The Bertz CT molecular complexity index is 515. The Morgan fingerprint density at radius 2 is 2.32 bits per heavy atom. The van der Waals surface area contributed by atoms with Crippen molar-refractivity contribution in [1.29, 1.82) is 0 Å². The van der Waals surface area contributed by atoms with Gasteiger partial charge in [0.2, 0.25) is 0 Å². The minimum absolute atomic E-state index is 0.346. The number of aromatic nitrogens is 3. The number of nitrogens with one attached hydrogen (secondary N) is 2. The van der Waals surface area contributed by atoms with Gasteiger partial charge in [0.05, 0.1) is 0 Å². The van der Waals surface area contributed by atoms with Gasteiger partial charge in [-0.1, -0.05) is 40.7 Å². The van der Waals surface area contributed by atoms with Crippen LogP contribution in [0.3, 0.4) is 0 Å². The molecule has 1 unspecified atom stereocenters. The Labute approximate surface area is 125 Å². The molecule has 0 saturated heterocycles. The van der Waals surface area contributed by atoms with Gasteiger partial charge >= 0.3 is 0 Å². The van der Waals surface area contributed by atoms with E-state index in [4.69, 9.17) is 0 Å². The van der Waals surface area contributed by atoms with Crippen LogP contribution < -0.4 is 5.32 Å². The molecule has 0 saturated carbocycles. The van der Waals surface area contributed by atoms with Crippen LogP contribution in [0.1, 0.15) is 31.9 Å². The third kappa shape index (κ3) is 4.06. The summed E-state index contributed by atoms with van der Waals surface area (Å²) in [5.74, 6) is 0. The molecule has 1 heterocycles. The van der Waals surface area contributed by atoms with Gasteiger partial charge in [-0.3, -0.25) is 5.10 Å². The highest BCUT2D eigenvalue weighted by Gasteiger charge is 2.10. The zero-order valence-corrected chi connectivity index (χ0v) is 13.4. The van der Waals surface area contributed by atoms with Crippen LogP contribution in [0.5, 0.6) is 0 Å². The fourth-order valence-corrected chi connectivity index (χ4v) is 3.36. The zero-order chi connectivity index (χ0) is 13.7. The minimum atomic E-state index is 0.346. The van der Waals surface area contributed by atoms with Crippen molar-refractivity contribution in [3.8, 4) is 0 Å². The molecule has 0 aliphatic carbocycles. The number of halogens is 1. The number of H-pyrrole nitrogens is 1. The summed E-state index contributed by atoms with van der Waals surface area (Å²) in [7, 11) is 0. The first-order chi connectivity index (χ1) is 9.20. The summed E-state index contributed by atoms with van der Waals surface area (Å²) in [6.07, 6.45) is 2.66. The van der Waals surface area contributed by atoms with Gasteiger partial charge in [-0.2, -0.15) is 5.10 Å². The highest BCUT2D eigenvalue weighted by molar-refractivity contribution is 9.10. The molecule has 2 N–H and O–H groups in total. The Hall–Kier alpha value is -0.850. The summed E-state index contributed by atoms with van der Waals surface area (Å²) in [4.78, 5) is 5.24. The van der Waals surface area contributed by atoms with Crippen molar-refractivity contribution in [3.63, 3.8) is 0 Å². The summed E-state index contributed by atoms with van der Waals surface area (Å²) in [5.41, 5.74) is 1.27. The number of benzene rings is 1. The van der Waals surface area contributed by atoms with E-state index in [2.05, 4.69) is 68.5 Å². The number of aromatic amines is 1. The maximum absolute atomic E-state index is 4.11. The molecule has 0 fully saturated rings. The van der Waals surface area contributed by atoms with E-state index in [0.717, 1.165) is 27.5 Å². The first-order valence-corrected chi connectivity index (χ1v) is 7.87. The largest absolute Gasteiger partial charge is 0.310 e. The number of nitrogens with zero attached hydrogens (tertiary/aromatic N) is 2. The fraction of sp³-hybridized carbons (Fsp3) is 0.385. The molecule has 1 aromatic carbocycles. The maximum Gasteiger partial charge on any atom is 0.188 e. The SMILES string of the molecule is CCCNC(C)c1ccc(Sc2ncn[nH]2)cc1Br. The molecule has 2 rings (SSSR count). The molecule has 2 aromatic rings. The van der Waals surface area contributed by atoms with Crippen LogP contribution in [0, 0.1) is 0 Å². The molecular formula is C13H17BrN4S.